The number of rotatable bonds is 4. The first-order chi connectivity index (χ1) is 12.2. The highest BCUT2D eigenvalue weighted by Crippen LogP contribution is 2.35. The fourth-order valence-corrected chi connectivity index (χ4v) is 5.24. The zero-order chi connectivity index (χ0) is 17.2. The molecule has 132 valence electrons. The van der Waals surface area contributed by atoms with E-state index in [1.165, 1.54) is 24.1 Å². The van der Waals surface area contributed by atoms with Gasteiger partial charge in [-0.2, -0.15) is 0 Å². The molecule has 0 saturated carbocycles. The summed E-state index contributed by atoms with van der Waals surface area (Å²) < 4.78 is 0. The fourth-order valence-electron chi connectivity index (χ4n) is 4.53. The molecule has 2 aromatic rings. The SMILES string of the molecule is Cc1ccccc1C(=O)NC1CC2CCCC(C1)N2Cc1cccs1. The molecule has 3 heterocycles. The maximum atomic E-state index is 12.7. The highest BCUT2D eigenvalue weighted by molar-refractivity contribution is 7.09. The summed E-state index contributed by atoms with van der Waals surface area (Å²) in [7, 11) is 0. The first-order valence-electron chi connectivity index (χ1n) is 9.35. The summed E-state index contributed by atoms with van der Waals surface area (Å²) in [5.74, 6) is 0.0906. The van der Waals surface area contributed by atoms with Crippen molar-refractivity contribution in [3.8, 4) is 0 Å². The third-order valence-corrected chi connectivity index (χ3v) is 6.63. The summed E-state index contributed by atoms with van der Waals surface area (Å²) in [6.07, 6.45) is 6.02. The molecule has 0 spiro atoms. The van der Waals surface area contributed by atoms with Crippen molar-refractivity contribution < 1.29 is 4.79 Å². The van der Waals surface area contributed by atoms with E-state index in [4.69, 9.17) is 0 Å². The first-order valence-corrected chi connectivity index (χ1v) is 10.2. The molecule has 2 fully saturated rings. The smallest absolute Gasteiger partial charge is 0.251 e. The van der Waals surface area contributed by atoms with Crippen molar-refractivity contribution in [3.05, 3.63) is 57.8 Å². The van der Waals surface area contributed by atoms with Crippen LogP contribution in [0.1, 0.15) is 52.9 Å². The number of fused-ring (bicyclic) bond motifs is 2. The highest BCUT2D eigenvalue weighted by Gasteiger charge is 2.38. The van der Waals surface area contributed by atoms with Crippen LogP contribution < -0.4 is 5.32 Å². The Bertz CT molecular complexity index is 713. The fraction of sp³-hybridized carbons (Fsp3) is 0.476. The Morgan fingerprint density at radius 2 is 1.92 bits per heavy atom. The monoisotopic (exact) mass is 354 g/mol. The molecule has 2 atom stereocenters. The van der Waals surface area contributed by atoms with E-state index in [2.05, 4.69) is 27.7 Å². The molecule has 3 nitrogen and oxygen atoms in total. The number of nitrogens with zero attached hydrogens (tertiary/aromatic N) is 1. The van der Waals surface area contributed by atoms with Crippen molar-refractivity contribution in [2.45, 2.75) is 63.7 Å². The van der Waals surface area contributed by atoms with Crippen molar-refractivity contribution in [2.24, 2.45) is 0 Å². The van der Waals surface area contributed by atoms with Gasteiger partial charge in [0.15, 0.2) is 0 Å². The number of carbonyl (C=O) groups is 1. The lowest BCUT2D eigenvalue weighted by molar-refractivity contribution is 0.0184. The third-order valence-electron chi connectivity index (χ3n) is 5.77. The van der Waals surface area contributed by atoms with Crippen LogP contribution in [0.15, 0.2) is 41.8 Å². The molecule has 2 aliphatic heterocycles. The molecule has 1 aromatic heterocycles. The van der Waals surface area contributed by atoms with Gasteiger partial charge in [0.05, 0.1) is 0 Å². The maximum absolute atomic E-state index is 12.7. The van der Waals surface area contributed by atoms with E-state index in [1.54, 1.807) is 0 Å². The molecule has 1 amide bonds. The number of benzene rings is 1. The molecule has 4 rings (SSSR count). The molecular weight excluding hydrogens is 328 g/mol. The largest absolute Gasteiger partial charge is 0.349 e. The van der Waals surface area contributed by atoms with Gasteiger partial charge in [-0.3, -0.25) is 9.69 Å². The van der Waals surface area contributed by atoms with Gasteiger partial charge in [-0.25, -0.2) is 0 Å². The number of thiophene rings is 1. The van der Waals surface area contributed by atoms with E-state index >= 15 is 0 Å². The van der Waals surface area contributed by atoms with Crippen LogP contribution in [-0.4, -0.2) is 28.9 Å². The maximum Gasteiger partial charge on any atom is 0.251 e. The van der Waals surface area contributed by atoms with Crippen molar-refractivity contribution in [1.82, 2.24) is 10.2 Å². The zero-order valence-corrected chi connectivity index (χ0v) is 15.6. The van der Waals surface area contributed by atoms with Crippen molar-refractivity contribution in [3.63, 3.8) is 0 Å². The van der Waals surface area contributed by atoms with E-state index in [-0.39, 0.29) is 5.91 Å². The summed E-state index contributed by atoms with van der Waals surface area (Å²) >= 11 is 1.85. The molecule has 1 aromatic carbocycles. The second-order valence-corrected chi connectivity index (χ2v) is 8.48. The molecule has 2 bridgehead atoms. The van der Waals surface area contributed by atoms with Gasteiger partial charge in [0.25, 0.3) is 5.91 Å². The molecule has 0 radical (unpaired) electrons. The van der Waals surface area contributed by atoms with Gasteiger partial charge in [0.1, 0.15) is 0 Å². The van der Waals surface area contributed by atoms with Crippen molar-refractivity contribution in [2.75, 3.05) is 0 Å². The number of aryl methyl sites for hydroxylation is 1. The summed E-state index contributed by atoms with van der Waals surface area (Å²) in [6.45, 7) is 3.08. The van der Waals surface area contributed by atoms with E-state index in [1.807, 2.05) is 42.5 Å². The summed E-state index contributed by atoms with van der Waals surface area (Å²) in [6, 6.07) is 13.8. The number of piperidine rings is 2. The predicted octanol–water partition coefficient (Wildman–Crippen LogP) is 4.37. The molecule has 25 heavy (non-hydrogen) atoms. The lowest BCUT2D eigenvalue weighted by atomic mass is 9.81. The minimum absolute atomic E-state index is 0.0906. The van der Waals surface area contributed by atoms with Crippen LogP contribution in [0.4, 0.5) is 0 Å². The molecule has 4 heteroatoms. The van der Waals surface area contributed by atoms with E-state index < -0.39 is 0 Å². The summed E-state index contributed by atoms with van der Waals surface area (Å²) in [5, 5.41) is 5.49. The lowest BCUT2D eigenvalue weighted by Gasteiger charge is -2.49. The molecule has 2 unspecified atom stereocenters. The Hall–Kier alpha value is -1.65. The number of amides is 1. The Morgan fingerprint density at radius 3 is 2.60 bits per heavy atom. The normalized spacial score (nSPS) is 26.4. The van der Waals surface area contributed by atoms with E-state index in [0.29, 0.717) is 18.1 Å². The van der Waals surface area contributed by atoms with Crippen LogP contribution >= 0.6 is 11.3 Å². The number of carbonyl (C=O) groups excluding carboxylic acids is 1. The van der Waals surface area contributed by atoms with Crippen LogP contribution in [0, 0.1) is 6.92 Å². The number of hydrogen-bond donors (Lipinski definition) is 1. The highest BCUT2D eigenvalue weighted by atomic mass is 32.1. The summed E-state index contributed by atoms with van der Waals surface area (Å²) in [5.41, 5.74) is 1.86. The Labute approximate surface area is 154 Å². The summed E-state index contributed by atoms with van der Waals surface area (Å²) in [4.78, 5) is 16.8. The minimum Gasteiger partial charge on any atom is -0.349 e. The molecule has 1 N–H and O–H groups in total. The van der Waals surface area contributed by atoms with Crippen molar-refractivity contribution in [1.29, 1.82) is 0 Å². The van der Waals surface area contributed by atoms with Gasteiger partial charge >= 0.3 is 0 Å². The topological polar surface area (TPSA) is 32.3 Å². The van der Waals surface area contributed by atoms with Crippen LogP contribution in [0.2, 0.25) is 0 Å². The van der Waals surface area contributed by atoms with Crippen LogP contribution in [0.5, 0.6) is 0 Å². The van der Waals surface area contributed by atoms with Gasteiger partial charge in [-0.15, -0.1) is 11.3 Å². The molecule has 2 saturated heterocycles. The van der Waals surface area contributed by atoms with Gasteiger partial charge in [-0.1, -0.05) is 30.7 Å². The van der Waals surface area contributed by atoms with Crippen LogP contribution in [0.25, 0.3) is 0 Å². The second-order valence-electron chi connectivity index (χ2n) is 7.45. The standard InChI is InChI=1S/C21H26N2OS/c1-15-6-2-3-10-20(15)21(24)22-16-12-17-7-4-8-18(13-16)23(17)14-19-9-5-11-25-19/h2-3,5-6,9-11,16-18H,4,7-8,12-14H2,1H3,(H,22,24). The number of hydrogen-bond acceptors (Lipinski definition) is 3. The van der Waals surface area contributed by atoms with E-state index in [0.717, 1.165) is 30.5 Å². The van der Waals surface area contributed by atoms with Gasteiger partial charge in [0.2, 0.25) is 0 Å². The lowest BCUT2D eigenvalue weighted by Crippen LogP contribution is -2.56. The quantitative estimate of drug-likeness (QED) is 0.884. The second kappa shape index (κ2) is 7.30. The van der Waals surface area contributed by atoms with Gasteiger partial charge < -0.3 is 5.32 Å². The minimum atomic E-state index is 0.0906. The first kappa shape index (κ1) is 16.8. The predicted molar refractivity (Wildman–Crippen MR) is 103 cm³/mol. The Balaban J connectivity index is 1.43. The van der Waals surface area contributed by atoms with Gasteiger partial charge in [-0.05, 0) is 55.7 Å². The Morgan fingerprint density at radius 1 is 1.16 bits per heavy atom. The van der Waals surface area contributed by atoms with Crippen molar-refractivity contribution >= 4 is 17.2 Å². The zero-order valence-electron chi connectivity index (χ0n) is 14.8. The molecular formula is C21H26N2OS. The average molecular weight is 355 g/mol. The molecule has 2 aliphatic rings. The number of nitrogens with one attached hydrogen (secondary N) is 1. The van der Waals surface area contributed by atoms with E-state index in [9.17, 15) is 4.79 Å². The van der Waals surface area contributed by atoms with Crippen LogP contribution in [0.3, 0.4) is 0 Å². The average Bonchev–Trinajstić information content (AvgIpc) is 3.09. The van der Waals surface area contributed by atoms with Gasteiger partial charge in [0, 0.05) is 35.1 Å². The van der Waals surface area contributed by atoms with Crippen LogP contribution in [-0.2, 0) is 6.54 Å². The third kappa shape index (κ3) is 3.65. The molecule has 0 aliphatic carbocycles. The Kier molecular flexibility index (Phi) is 4.91.